The lowest BCUT2D eigenvalue weighted by Crippen LogP contribution is -2.43. The number of carboxylic acids is 1. The Labute approximate surface area is 111 Å². The fourth-order valence-corrected chi connectivity index (χ4v) is 2.09. The second-order valence-electron chi connectivity index (χ2n) is 4.75. The van der Waals surface area contributed by atoms with Gasteiger partial charge in [-0.05, 0) is 25.5 Å². The Bertz CT molecular complexity index is 595. The third-order valence-corrected chi connectivity index (χ3v) is 3.16. The minimum Gasteiger partial charge on any atom is -0.480 e. The van der Waals surface area contributed by atoms with Crippen LogP contribution in [0.25, 0.3) is 10.9 Å². The van der Waals surface area contributed by atoms with E-state index in [0.29, 0.717) is 12.2 Å². The van der Waals surface area contributed by atoms with E-state index in [0.717, 1.165) is 17.3 Å². The molecule has 0 amide bonds. The van der Waals surface area contributed by atoms with E-state index in [4.69, 9.17) is 0 Å². The van der Waals surface area contributed by atoms with E-state index < -0.39 is 11.5 Å². The van der Waals surface area contributed by atoms with Gasteiger partial charge in [-0.3, -0.25) is 0 Å². The van der Waals surface area contributed by atoms with Crippen LogP contribution in [0.2, 0.25) is 0 Å². The zero-order valence-corrected chi connectivity index (χ0v) is 11.1. The van der Waals surface area contributed by atoms with Crippen LogP contribution in [0.5, 0.6) is 0 Å². The van der Waals surface area contributed by atoms with Gasteiger partial charge >= 0.3 is 5.97 Å². The first-order valence-electron chi connectivity index (χ1n) is 6.28. The highest BCUT2D eigenvalue weighted by Gasteiger charge is 2.32. The molecule has 0 aliphatic rings. The largest absolute Gasteiger partial charge is 0.480 e. The van der Waals surface area contributed by atoms with Gasteiger partial charge < -0.3 is 10.4 Å². The van der Waals surface area contributed by atoms with Gasteiger partial charge in [-0.1, -0.05) is 25.5 Å². The molecule has 1 heterocycles. The summed E-state index contributed by atoms with van der Waals surface area (Å²) in [6, 6.07) is 7.53. The minimum atomic E-state index is -1.02. The molecule has 0 bridgehead atoms. The van der Waals surface area contributed by atoms with Crippen LogP contribution in [0.15, 0.2) is 30.6 Å². The highest BCUT2D eigenvalue weighted by atomic mass is 16.4. The summed E-state index contributed by atoms with van der Waals surface area (Å²) in [6.45, 7) is 3.64. The number of rotatable bonds is 5. The zero-order chi connectivity index (χ0) is 13.9. The monoisotopic (exact) mass is 259 g/mol. The van der Waals surface area contributed by atoms with Crippen LogP contribution in [-0.4, -0.2) is 26.6 Å². The SMILES string of the molecule is CCCC(C)(Nc1ncnc2ccccc12)C(=O)O. The van der Waals surface area contributed by atoms with Crippen molar-refractivity contribution in [1.82, 2.24) is 9.97 Å². The van der Waals surface area contributed by atoms with Crippen molar-refractivity contribution >= 4 is 22.7 Å². The summed E-state index contributed by atoms with van der Waals surface area (Å²) >= 11 is 0. The van der Waals surface area contributed by atoms with Gasteiger partial charge in [0.25, 0.3) is 0 Å². The summed E-state index contributed by atoms with van der Waals surface area (Å²) in [4.78, 5) is 19.8. The fourth-order valence-electron chi connectivity index (χ4n) is 2.09. The predicted octanol–water partition coefficient (Wildman–Crippen LogP) is 2.69. The topological polar surface area (TPSA) is 75.1 Å². The molecular weight excluding hydrogens is 242 g/mol. The summed E-state index contributed by atoms with van der Waals surface area (Å²) in [5, 5.41) is 13.3. The average Bonchev–Trinajstić information content (AvgIpc) is 2.39. The molecule has 5 heteroatoms. The Hall–Kier alpha value is -2.17. The number of nitrogens with one attached hydrogen (secondary N) is 1. The Balaban J connectivity index is 2.42. The lowest BCUT2D eigenvalue weighted by Gasteiger charge is -2.26. The van der Waals surface area contributed by atoms with Crippen LogP contribution in [0.3, 0.4) is 0 Å². The summed E-state index contributed by atoms with van der Waals surface area (Å²) in [5.74, 6) is -0.319. The first-order chi connectivity index (χ1) is 9.07. The van der Waals surface area contributed by atoms with Crippen LogP contribution < -0.4 is 5.32 Å². The Morgan fingerprint density at radius 3 is 2.79 bits per heavy atom. The number of nitrogens with zero attached hydrogens (tertiary/aromatic N) is 2. The highest BCUT2D eigenvalue weighted by Crippen LogP contribution is 2.24. The molecule has 1 aromatic heterocycles. The maximum Gasteiger partial charge on any atom is 0.329 e. The third kappa shape index (κ3) is 2.65. The molecule has 1 atom stereocenters. The van der Waals surface area contributed by atoms with Crippen molar-refractivity contribution in [3.05, 3.63) is 30.6 Å². The molecule has 0 spiro atoms. The molecule has 0 radical (unpaired) electrons. The van der Waals surface area contributed by atoms with Crippen molar-refractivity contribution in [1.29, 1.82) is 0 Å². The van der Waals surface area contributed by atoms with Gasteiger partial charge in [0.1, 0.15) is 17.7 Å². The number of fused-ring (bicyclic) bond motifs is 1. The average molecular weight is 259 g/mol. The first kappa shape index (κ1) is 13.3. The van der Waals surface area contributed by atoms with Gasteiger partial charge in [0.2, 0.25) is 0 Å². The molecule has 1 unspecified atom stereocenters. The number of hydrogen-bond acceptors (Lipinski definition) is 4. The van der Waals surface area contributed by atoms with Crippen molar-refractivity contribution in [3.63, 3.8) is 0 Å². The number of hydrogen-bond donors (Lipinski definition) is 2. The summed E-state index contributed by atoms with van der Waals surface area (Å²) < 4.78 is 0. The molecule has 2 aromatic rings. The third-order valence-electron chi connectivity index (χ3n) is 3.16. The molecule has 0 saturated carbocycles. The minimum absolute atomic E-state index is 0.528. The number of aromatic nitrogens is 2. The maximum atomic E-state index is 11.4. The van der Waals surface area contributed by atoms with E-state index in [-0.39, 0.29) is 0 Å². The summed E-state index contributed by atoms with van der Waals surface area (Å²) in [5.41, 5.74) is -0.226. The van der Waals surface area contributed by atoms with Gasteiger partial charge in [-0.25, -0.2) is 14.8 Å². The van der Waals surface area contributed by atoms with E-state index in [1.165, 1.54) is 6.33 Å². The molecule has 2 rings (SSSR count). The first-order valence-corrected chi connectivity index (χ1v) is 6.28. The van der Waals surface area contributed by atoms with Crippen LogP contribution in [0, 0.1) is 0 Å². The molecule has 0 saturated heterocycles. The second kappa shape index (κ2) is 5.22. The van der Waals surface area contributed by atoms with Crippen molar-refractivity contribution in [2.24, 2.45) is 0 Å². The van der Waals surface area contributed by atoms with Crippen molar-refractivity contribution in [2.75, 3.05) is 5.32 Å². The van der Waals surface area contributed by atoms with Crippen molar-refractivity contribution in [2.45, 2.75) is 32.2 Å². The fraction of sp³-hybridized carbons (Fsp3) is 0.357. The summed E-state index contributed by atoms with van der Waals surface area (Å²) in [7, 11) is 0. The molecule has 2 N–H and O–H groups in total. The Morgan fingerprint density at radius 1 is 1.37 bits per heavy atom. The van der Waals surface area contributed by atoms with Gasteiger partial charge in [-0.15, -0.1) is 0 Å². The van der Waals surface area contributed by atoms with Gasteiger partial charge in [-0.2, -0.15) is 0 Å². The summed E-state index contributed by atoms with van der Waals surface area (Å²) in [6.07, 6.45) is 2.75. The van der Waals surface area contributed by atoms with Crippen LogP contribution >= 0.6 is 0 Å². The van der Waals surface area contributed by atoms with Crippen LogP contribution in [-0.2, 0) is 4.79 Å². The Morgan fingerprint density at radius 2 is 2.11 bits per heavy atom. The molecule has 5 nitrogen and oxygen atoms in total. The van der Waals surface area contributed by atoms with Crippen LogP contribution in [0.1, 0.15) is 26.7 Å². The lowest BCUT2D eigenvalue weighted by atomic mass is 9.96. The van der Waals surface area contributed by atoms with Crippen molar-refractivity contribution < 1.29 is 9.90 Å². The number of benzene rings is 1. The molecular formula is C14H17N3O2. The number of para-hydroxylation sites is 1. The molecule has 1 aromatic carbocycles. The van der Waals surface area contributed by atoms with E-state index in [9.17, 15) is 9.90 Å². The van der Waals surface area contributed by atoms with E-state index in [2.05, 4.69) is 15.3 Å². The lowest BCUT2D eigenvalue weighted by molar-refractivity contribution is -0.142. The van der Waals surface area contributed by atoms with Crippen LogP contribution in [0.4, 0.5) is 5.82 Å². The smallest absolute Gasteiger partial charge is 0.329 e. The molecule has 0 fully saturated rings. The number of carbonyl (C=O) groups is 1. The van der Waals surface area contributed by atoms with E-state index in [1.54, 1.807) is 6.92 Å². The van der Waals surface area contributed by atoms with E-state index >= 15 is 0 Å². The molecule has 0 aliphatic heterocycles. The number of aliphatic carboxylic acids is 1. The highest BCUT2D eigenvalue weighted by molar-refractivity contribution is 5.91. The van der Waals surface area contributed by atoms with Gasteiger partial charge in [0.05, 0.1) is 5.52 Å². The number of carboxylic acid groups (broad SMARTS) is 1. The maximum absolute atomic E-state index is 11.4. The van der Waals surface area contributed by atoms with Gasteiger partial charge in [0.15, 0.2) is 0 Å². The Kier molecular flexibility index (Phi) is 3.64. The number of anilines is 1. The van der Waals surface area contributed by atoms with E-state index in [1.807, 2.05) is 31.2 Å². The molecule has 19 heavy (non-hydrogen) atoms. The van der Waals surface area contributed by atoms with Crippen molar-refractivity contribution in [3.8, 4) is 0 Å². The zero-order valence-electron chi connectivity index (χ0n) is 11.1. The molecule has 0 aliphatic carbocycles. The quantitative estimate of drug-likeness (QED) is 0.863. The predicted molar refractivity (Wildman–Crippen MR) is 74.1 cm³/mol. The van der Waals surface area contributed by atoms with Gasteiger partial charge in [0, 0.05) is 5.39 Å². The normalized spacial score (nSPS) is 14.0. The molecule has 100 valence electrons. The standard InChI is InChI=1S/C14H17N3O2/c1-3-8-14(2,13(18)19)17-12-10-6-4-5-7-11(10)15-9-16-12/h4-7,9H,3,8H2,1-2H3,(H,18,19)(H,15,16,17). The second-order valence-corrected chi connectivity index (χ2v) is 4.75.